The van der Waals surface area contributed by atoms with Gasteiger partial charge < -0.3 is 9.84 Å². The molecule has 0 bridgehead atoms. The number of fused-ring (bicyclic) bond motifs is 1. The molecule has 0 radical (unpaired) electrons. The van der Waals surface area contributed by atoms with Crippen molar-refractivity contribution in [2.75, 3.05) is 6.61 Å². The van der Waals surface area contributed by atoms with Crippen LogP contribution in [0.1, 0.15) is 23.2 Å². The van der Waals surface area contributed by atoms with Gasteiger partial charge in [0.15, 0.2) is 0 Å². The smallest absolute Gasteiger partial charge is 0.419 e. The lowest BCUT2D eigenvalue weighted by Gasteiger charge is -2.19. The Bertz CT molecular complexity index is 682. The van der Waals surface area contributed by atoms with Crippen molar-refractivity contribution < 1.29 is 23.0 Å². The summed E-state index contributed by atoms with van der Waals surface area (Å²) >= 11 is 0. The van der Waals surface area contributed by atoms with Crippen molar-refractivity contribution in [3.63, 3.8) is 0 Å². The van der Waals surface area contributed by atoms with Crippen LogP contribution in [-0.4, -0.2) is 27.6 Å². The van der Waals surface area contributed by atoms with Gasteiger partial charge in [0.05, 0.1) is 24.4 Å². The van der Waals surface area contributed by atoms with Crippen LogP contribution in [0.4, 0.5) is 13.2 Å². The van der Waals surface area contributed by atoms with E-state index in [4.69, 9.17) is 4.74 Å². The fourth-order valence-electron chi connectivity index (χ4n) is 2.80. The maximum atomic E-state index is 12.9. The van der Waals surface area contributed by atoms with Gasteiger partial charge in [-0.3, -0.25) is 4.68 Å². The SMILES string of the molecule is OC1CCc2cnn(CCOc3ccccc3C(F)(F)F)c2C1. The Balaban J connectivity index is 1.66. The number of hydrogen-bond donors (Lipinski definition) is 1. The van der Waals surface area contributed by atoms with E-state index in [1.165, 1.54) is 18.2 Å². The number of aryl methyl sites for hydroxylation is 1. The molecular weight excluding hydrogens is 309 g/mol. The van der Waals surface area contributed by atoms with Crippen molar-refractivity contribution in [3.8, 4) is 5.75 Å². The van der Waals surface area contributed by atoms with E-state index in [2.05, 4.69) is 5.10 Å². The molecule has 1 N–H and O–H groups in total. The molecule has 0 saturated heterocycles. The highest BCUT2D eigenvalue weighted by Crippen LogP contribution is 2.35. The van der Waals surface area contributed by atoms with Gasteiger partial charge in [-0.1, -0.05) is 12.1 Å². The highest BCUT2D eigenvalue weighted by Gasteiger charge is 2.34. The minimum atomic E-state index is -4.44. The van der Waals surface area contributed by atoms with Crippen LogP contribution >= 0.6 is 0 Å². The number of aliphatic hydroxyl groups excluding tert-OH is 1. The van der Waals surface area contributed by atoms with Gasteiger partial charge in [0.2, 0.25) is 0 Å². The zero-order chi connectivity index (χ0) is 16.4. The van der Waals surface area contributed by atoms with Crippen LogP contribution in [0, 0.1) is 0 Å². The number of hydrogen-bond acceptors (Lipinski definition) is 3. The molecular formula is C16H17F3N2O2. The van der Waals surface area contributed by atoms with Crippen LogP contribution < -0.4 is 4.74 Å². The van der Waals surface area contributed by atoms with Crippen LogP contribution in [0.25, 0.3) is 0 Å². The molecule has 0 aliphatic heterocycles. The normalized spacial score (nSPS) is 17.8. The Kier molecular flexibility index (Phi) is 4.30. The van der Waals surface area contributed by atoms with Crippen molar-refractivity contribution in [1.82, 2.24) is 9.78 Å². The van der Waals surface area contributed by atoms with Crippen molar-refractivity contribution in [2.45, 2.75) is 38.1 Å². The average molecular weight is 326 g/mol. The van der Waals surface area contributed by atoms with Crippen LogP contribution in [0.15, 0.2) is 30.5 Å². The number of aliphatic hydroxyl groups is 1. The number of alkyl halides is 3. The summed E-state index contributed by atoms with van der Waals surface area (Å²) in [5.74, 6) is -0.180. The van der Waals surface area contributed by atoms with Gasteiger partial charge in [0.1, 0.15) is 12.4 Å². The van der Waals surface area contributed by atoms with Crippen molar-refractivity contribution in [2.24, 2.45) is 0 Å². The number of halogens is 3. The minimum Gasteiger partial charge on any atom is -0.491 e. The first-order valence-electron chi connectivity index (χ1n) is 7.46. The van der Waals surface area contributed by atoms with Crippen molar-refractivity contribution >= 4 is 0 Å². The third kappa shape index (κ3) is 3.50. The zero-order valence-electron chi connectivity index (χ0n) is 12.4. The van der Waals surface area contributed by atoms with Gasteiger partial charge in [-0.25, -0.2) is 0 Å². The lowest BCUT2D eigenvalue weighted by atomic mass is 9.96. The summed E-state index contributed by atoms with van der Waals surface area (Å²) in [6, 6.07) is 5.16. The summed E-state index contributed by atoms with van der Waals surface area (Å²) in [5, 5.41) is 14.0. The van der Waals surface area contributed by atoms with E-state index in [9.17, 15) is 18.3 Å². The minimum absolute atomic E-state index is 0.0807. The Morgan fingerprint density at radius 1 is 1.30 bits per heavy atom. The Hall–Kier alpha value is -2.02. The Labute approximate surface area is 131 Å². The number of para-hydroxylation sites is 1. The predicted molar refractivity (Wildman–Crippen MR) is 77.2 cm³/mol. The van der Waals surface area contributed by atoms with E-state index >= 15 is 0 Å². The second-order valence-electron chi connectivity index (χ2n) is 5.58. The van der Waals surface area contributed by atoms with Gasteiger partial charge >= 0.3 is 6.18 Å². The largest absolute Gasteiger partial charge is 0.491 e. The highest BCUT2D eigenvalue weighted by molar-refractivity contribution is 5.35. The molecule has 1 aliphatic carbocycles. The molecule has 1 aromatic heterocycles. The molecule has 1 aliphatic rings. The van der Waals surface area contributed by atoms with E-state index in [0.717, 1.165) is 23.7 Å². The Morgan fingerprint density at radius 3 is 2.87 bits per heavy atom. The quantitative estimate of drug-likeness (QED) is 0.940. The number of ether oxygens (including phenoxy) is 1. The second kappa shape index (κ2) is 6.23. The summed E-state index contributed by atoms with van der Waals surface area (Å²) in [6.07, 6.45) is -1.06. The first kappa shape index (κ1) is 15.9. The van der Waals surface area contributed by atoms with Crippen LogP contribution in [0.3, 0.4) is 0 Å². The average Bonchev–Trinajstić information content (AvgIpc) is 2.89. The second-order valence-corrected chi connectivity index (χ2v) is 5.58. The van der Waals surface area contributed by atoms with Crippen molar-refractivity contribution in [1.29, 1.82) is 0 Å². The maximum Gasteiger partial charge on any atom is 0.419 e. The molecule has 0 saturated carbocycles. The molecule has 1 aromatic carbocycles. The molecule has 2 aromatic rings. The van der Waals surface area contributed by atoms with E-state index in [1.54, 1.807) is 10.9 Å². The van der Waals surface area contributed by atoms with Gasteiger partial charge in [-0.15, -0.1) is 0 Å². The lowest BCUT2D eigenvalue weighted by Crippen LogP contribution is -2.22. The van der Waals surface area contributed by atoms with E-state index in [1.807, 2.05) is 0 Å². The molecule has 1 atom stereocenters. The summed E-state index contributed by atoms with van der Waals surface area (Å²) in [5.41, 5.74) is 1.25. The number of benzene rings is 1. The van der Waals surface area contributed by atoms with E-state index in [0.29, 0.717) is 19.4 Å². The van der Waals surface area contributed by atoms with Gasteiger partial charge in [-0.2, -0.15) is 18.3 Å². The first-order valence-corrected chi connectivity index (χ1v) is 7.46. The topological polar surface area (TPSA) is 47.3 Å². The summed E-state index contributed by atoms with van der Waals surface area (Å²) in [7, 11) is 0. The van der Waals surface area contributed by atoms with Gasteiger partial charge in [0, 0.05) is 12.1 Å². The summed E-state index contributed by atoms with van der Waals surface area (Å²) in [4.78, 5) is 0. The molecule has 7 heteroatoms. The van der Waals surface area contributed by atoms with E-state index in [-0.39, 0.29) is 18.5 Å². The predicted octanol–water partition coefficient (Wildman–Crippen LogP) is 2.83. The van der Waals surface area contributed by atoms with Crippen molar-refractivity contribution in [3.05, 3.63) is 47.3 Å². The number of rotatable bonds is 4. The highest BCUT2D eigenvalue weighted by atomic mass is 19.4. The molecule has 0 fully saturated rings. The third-order valence-electron chi connectivity index (χ3n) is 3.96. The Morgan fingerprint density at radius 2 is 2.09 bits per heavy atom. The lowest BCUT2D eigenvalue weighted by molar-refractivity contribution is -0.139. The number of aromatic nitrogens is 2. The van der Waals surface area contributed by atoms with Gasteiger partial charge in [-0.05, 0) is 30.5 Å². The monoisotopic (exact) mass is 326 g/mol. The third-order valence-corrected chi connectivity index (χ3v) is 3.96. The number of nitrogens with zero attached hydrogens (tertiary/aromatic N) is 2. The van der Waals surface area contributed by atoms with Crippen LogP contribution in [0.5, 0.6) is 5.75 Å². The van der Waals surface area contributed by atoms with E-state index < -0.39 is 11.7 Å². The molecule has 124 valence electrons. The molecule has 0 amide bonds. The molecule has 23 heavy (non-hydrogen) atoms. The van der Waals surface area contributed by atoms with Gasteiger partial charge in [0.25, 0.3) is 0 Å². The maximum absolute atomic E-state index is 12.9. The molecule has 4 nitrogen and oxygen atoms in total. The molecule has 3 rings (SSSR count). The molecule has 0 spiro atoms. The summed E-state index contributed by atoms with van der Waals surface area (Å²) in [6.45, 7) is 0.422. The molecule has 1 heterocycles. The fourth-order valence-corrected chi connectivity index (χ4v) is 2.80. The van der Waals surface area contributed by atoms with Crippen LogP contribution in [0.2, 0.25) is 0 Å². The molecule has 1 unspecified atom stereocenters. The standard InChI is InChI=1S/C16H17F3N2O2/c17-16(18,19)13-3-1-2-4-15(13)23-8-7-21-14-9-12(22)6-5-11(14)10-20-21/h1-4,10,12,22H,5-9H2. The fraction of sp³-hybridized carbons (Fsp3) is 0.438. The van der Waals surface area contributed by atoms with Crippen LogP contribution in [-0.2, 0) is 25.6 Å². The summed E-state index contributed by atoms with van der Waals surface area (Å²) < 4.78 is 45.7. The zero-order valence-corrected chi connectivity index (χ0v) is 12.4. The first-order chi connectivity index (χ1) is 10.9.